The van der Waals surface area contributed by atoms with Crippen LogP contribution in [0.4, 0.5) is 0 Å². The number of nitrogens with one attached hydrogen (secondary N) is 4. The van der Waals surface area contributed by atoms with Crippen molar-refractivity contribution in [1.82, 2.24) is 25.9 Å². The lowest BCUT2D eigenvalue weighted by molar-refractivity contribution is -0.142. The number of hydrogen-bond acceptors (Lipinski definition) is 8. The number of nitrogens with zero attached hydrogens (tertiary/aromatic N) is 1. The number of hydrogen-bond donors (Lipinski definition) is 7. The molecule has 212 valence electrons. The van der Waals surface area contributed by atoms with E-state index in [0.29, 0.717) is 11.4 Å². The van der Waals surface area contributed by atoms with E-state index in [-0.39, 0.29) is 32.1 Å². The molecule has 0 spiro atoms. The summed E-state index contributed by atoms with van der Waals surface area (Å²) in [4.78, 5) is 68.4. The molecule has 1 heterocycles. The van der Waals surface area contributed by atoms with E-state index in [1.54, 1.807) is 30.3 Å². The van der Waals surface area contributed by atoms with Crippen molar-refractivity contribution in [2.75, 3.05) is 12.0 Å². The summed E-state index contributed by atoms with van der Waals surface area (Å²) in [7, 11) is 0. The average Bonchev–Trinajstić information content (AvgIpc) is 3.42. The zero-order chi connectivity index (χ0) is 28.8. The standard InChI is InChI=1S/C25H34N6O7S/c1-39-10-9-18(23(35)31-20(25(37)38)11-15-5-3-2-4-6-15)29-24(36)19(12-16-13-27-14-28-16)30-22(34)17(26)7-8-21(32)33/h2-6,13-14,17-20H,7-12,26H2,1H3,(H,27,28)(H,29,36)(H,30,34)(H,31,35)(H,32,33)(H,37,38). The van der Waals surface area contributed by atoms with Crippen LogP contribution in [-0.4, -0.2) is 86.0 Å². The van der Waals surface area contributed by atoms with E-state index in [1.807, 2.05) is 6.26 Å². The summed E-state index contributed by atoms with van der Waals surface area (Å²) in [5, 5.41) is 26.2. The highest BCUT2D eigenvalue weighted by Crippen LogP contribution is 2.08. The van der Waals surface area contributed by atoms with E-state index in [4.69, 9.17) is 10.8 Å². The fraction of sp³-hybridized carbons (Fsp3) is 0.440. The minimum Gasteiger partial charge on any atom is -0.481 e. The molecule has 0 saturated heterocycles. The van der Waals surface area contributed by atoms with Gasteiger partial charge in [-0.15, -0.1) is 0 Å². The second-order valence-corrected chi connectivity index (χ2v) is 9.80. The van der Waals surface area contributed by atoms with Gasteiger partial charge in [0.1, 0.15) is 18.1 Å². The summed E-state index contributed by atoms with van der Waals surface area (Å²) in [6.07, 6.45) is 4.50. The quantitative estimate of drug-likeness (QED) is 0.133. The van der Waals surface area contributed by atoms with Gasteiger partial charge in [0.15, 0.2) is 0 Å². The van der Waals surface area contributed by atoms with Gasteiger partial charge in [0.25, 0.3) is 0 Å². The molecule has 13 nitrogen and oxygen atoms in total. The Morgan fingerprint density at radius 3 is 2.15 bits per heavy atom. The molecule has 0 radical (unpaired) electrons. The topological polar surface area (TPSA) is 217 Å². The van der Waals surface area contributed by atoms with Crippen molar-refractivity contribution in [2.45, 2.75) is 56.3 Å². The van der Waals surface area contributed by atoms with Gasteiger partial charge in [0.05, 0.1) is 12.4 Å². The predicted molar refractivity (Wildman–Crippen MR) is 144 cm³/mol. The Balaban J connectivity index is 2.16. The van der Waals surface area contributed by atoms with Crippen LogP contribution < -0.4 is 21.7 Å². The summed E-state index contributed by atoms with van der Waals surface area (Å²) >= 11 is 1.44. The molecule has 0 bridgehead atoms. The van der Waals surface area contributed by atoms with Gasteiger partial charge in [0, 0.05) is 31.2 Å². The fourth-order valence-electron chi connectivity index (χ4n) is 3.61. The third-order valence-electron chi connectivity index (χ3n) is 5.76. The van der Waals surface area contributed by atoms with Gasteiger partial charge < -0.3 is 36.9 Å². The lowest BCUT2D eigenvalue weighted by Crippen LogP contribution is -2.58. The number of aromatic nitrogens is 2. The number of aliphatic carboxylic acids is 2. The molecular weight excluding hydrogens is 528 g/mol. The fourth-order valence-corrected chi connectivity index (χ4v) is 4.08. The lowest BCUT2D eigenvalue weighted by atomic mass is 10.0. The largest absolute Gasteiger partial charge is 0.481 e. The summed E-state index contributed by atoms with van der Waals surface area (Å²) in [5.41, 5.74) is 7.04. The highest BCUT2D eigenvalue weighted by Gasteiger charge is 2.30. The molecule has 2 rings (SSSR count). The van der Waals surface area contributed by atoms with Crippen LogP contribution in [0.25, 0.3) is 0 Å². The van der Waals surface area contributed by atoms with E-state index in [2.05, 4.69) is 25.9 Å². The average molecular weight is 563 g/mol. The zero-order valence-corrected chi connectivity index (χ0v) is 22.3. The number of carbonyl (C=O) groups excluding carboxylic acids is 3. The van der Waals surface area contributed by atoms with E-state index >= 15 is 0 Å². The molecule has 0 fully saturated rings. The summed E-state index contributed by atoms with van der Waals surface area (Å²) in [6, 6.07) is 4.19. The number of carboxylic acid groups (broad SMARTS) is 2. The van der Waals surface area contributed by atoms with Gasteiger partial charge in [-0.2, -0.15) is 11.8 Å². The van der Waals surface area contributed by atoms with Crippen LogP contribution in [0.3, 0.4) is 0 Å². The molecule has 2 aromatic rings. The molecule has 0 saturated carbocycles. The van der Waals surface area contributed by atoms with Crippen molar-refractivity contribution in [1.29, 1.82) is 0 Å². The first-order chi connectivity index (χ1) is 18.6. The molecule has 4 unspecified atom stereocenters. The molecule has 4 atom stereocenters. The number of H-pyrrole nitrogens is 1. The number of carboxylic acids is 2. The molecule has 0 aliphatic carbocycles. The number of benzene rings is 1. The summed E-state index contributed by atoms with van der Waals surface area (Å²) in [5.74, 6) is -3.94. The summed E-state index contributed by atoms with van der Waals surface area (Å²) in [6.45, 7) is 0. The number of carbonyl (C=O) groups is 5. The molecule has 39 heavy (non-hydrogen) atoms. The molecule has 0 aliphatic heterocycles. The maximum Gasteiger partial charge on any atom is 0.326 e. The number of amides is 3. The SMILES string of the molecule is CSCCC(NC(=O)C(Cc1cnc[nH]1)NC(=O)C(N)CCC(=O)O)C(=O)NC(Cc1ccccc1)C(=O)O. The number of nitrogens with two attached hydrogens (primary N) is 1. The molecule has 3 amide bonds. The Hall–Kier alpha value is -3.91. The van der Waals surface area contributed by atoms with Crippen LogP contribution >= 0.6 is 11.8 Å². The van der Waals surface area contributed by atoms with Gasteiger partial charge in [-0.25, -0.2) is 9.78 Å². The van der Waals surface area contributed by atoms with E-state index in [9.17, 15) is 29.1 Å². The van der Waals surface area contributed by atoms with Crippen LogP contribution in [0.15, 0.2) is 42.9 Å². The molecule has 8 N–H and O–H groups in total. The zero-order valence-electron chi connectivity index (χ0n) is 21.5. The van der Waals surface area contributed by atoms with Gasteiger partial charge >= 0.3 is 11.9 Å². The third-order valence-corrected chi connectivity index (χ3v) is 6.40. The first-order valence-corrected chi connectivity index (χ1v) is 13.6. The predicted octanol–water partition coefficient (Wildman–Crippen LogP) is -0.321. The second-order valence-electron chi connectivity index (χ2n) is 8.81. The lowest BCUT2D eigenvalue weighted by Gasteiger charge is -2.25. The first-order valence-electron chi connectivity index (χ1n) is 12.2. The minimum atomic E-state index is -1.22. The highest BCUT2D eigenvalue weighted by atomic mass is 32.2. The highest BCUT2D eigenvalue weighted by molar-refractivity contribution is 7.98. The van der Waals surface area contributed by atoms with Gasteiger partial charge in [-0.05, 0) is 30.4 Å². The van der Waals surface area contributed by atoms with Crippen LogP contribution in [0.2, 0.25) is 0 Å². The van der Waals surface area contributed by atoms with Gasteiger partial charge in [0.2, 0.25) is 17.7 Å². The van der Waals surface area contributed by atoms with Crippen molar-refractivity contribution >= 4 is 41.4 Å². The van der Waals surface area contributed by atoms with E-state index in [1.165, 1.54) is 24.3 Å². The maximum absolute atomic E-state index is 13.3. The minimum absolute atomic E-state index is 0.00809. The molecule has 1 aromatic carbocycles. The van der Waals surface area contributed by atoms with Crippen LogP contribution in [-0.2, 0) is 36.8 Å². The van der Waals surface area contributed by atoms with Gasteiger partial charge in [-0.3, -0.25) is 19.2 Å². The Labute approximate surface area is 229 Å². The molecular formula is C25H34N6O7S. The van der Waals surface area contributed by atoms with Crippen LogP contribution in [0.5, 0.6) is 0 Å². The van der Waals surface area contributed by atoms with E-state index in [0.717, 1.165) is 5.56 Å². The smallest absolute Gasteiger partial charge is 0.326 e. The second kappa shape index (κ2) is 16.1. The van der Waals surface area contributed by atoms with Crippen LogP contribution in [0.1, 0.15) is 30.5 Å². The monoisotopic (exact) mass is 562 g/mol. The molecule has 14 heteroatoms. The van der Waals surface area contributed by atoms with Crippen molar-refractivity contribution in [3.63, 3.8) is 0 Å². The van der Waals surface area contributed by atoms with Crippen molar-refractivity contribution in [2.24, 2.45) is 5.73 Å². The number of aromatic amines is 1. The van der Waals surface area contributed by atoms with E-state index < -0.39 is 53.8 Å². The Morgan fingerprint density at radius 2 is 1.56 bits per heavy atom. The van der Waals surface area contributed by atoms with Crippen molar-refractivity contribution in [3.05, 3.63) is 54.1 Å². The number of rotatable bonds is 17. The Bertz CT molecular complexity index is 1100. The Kier molecular flexibility index (Phi) is 13.0. The van der Waals surface area contributed by atoms with Crippen molar-refractivity contribution in [3.8, 4) is 0 Å². The number of imidazole rings is 1. The maximum atomic E-state index is 13.3. The normalized spacial score (nSPS) is 13.9. The van der Waals surface area contributed by atoms with Crippen LogP contribution in [0, 0.1) is 0 Å². The Morgan fingerprint density at radius 1 is 0.923 bits per heavy atom. The third kappa shape index (κ3) is 11.2. The van der Waals surface area contributed by atoms with Gasteiger partial charge in [-0.1, -0.05) is 30.3 Å². The molecule has 1 aromatic heterocycles. The summed E-state index contributed by atoms with van der Waals surface area (Å²) < 4.78 is 0. The molecule has 0 aliphatic rings. The number of thioether (sulfide) groups is 1. The van der Waals surface area contributed by atoms with Crippen molar-refractivity contribution < 1.29 is 34.2 Å². The first kappa shape index (κ1) is 31.3.